The van der Waals surface area contributed by atoms with E-state index in [1.807, 2.05) is 39.8 Å². The Labute approximate surface area is 335 Å². The van der Waals surface area contributed by atoms with Gasteiger partial charge in [0.25, 0.3) is 0 Å². The molecule has 7 unspecified atom stereocenters. The Kier molecular flexibility index (Phi) is 16.7. The fourth-order valence-electron chi connectivity index (χ4n) is 7.43. The lowest BCUT2D eigenvalue weighted by Crippen LogP contribution is -2.56. The zero-order chi connectivity index (χ0) is 41.6. The number of aliphatic imine (C=N–C) groups is 1. The lowest BCUT2D eigenvalue weighted by atomic mass is 9.80. The summed E-state index contributed by atoms with van der Waals surface area (Å²) in [6.45, 7) is 7.78. The van der Waals surface area contributed by atoms with E-state index >= 15 is 0 Å². The largest absolute Gasteiger partial charge is 0.508 e. The number of allylic oxidation sites excluding steroid dienone is 1. The maximum atomic E-state index is 14.4. The van der Waals surface area contributed by atoms with Gasteiger partial charge in [0.2, 0.25) is 17.7 Å². The van der Waals surface area contributed by atoms with Crippen LogP contribution < -0.4 is 16.4 Å². The van der Waals surface area contributed by atoms with Crippen LogP contribution in [0.3, 0.4) is 0 Å². The van der Waals surface area contributed by atoms with Gasteiger partial charge in [-0.25, -0.2) is 4.79 Å². The molecule has 0 spiro atoms. The molecule has 57 heavy (non-hydrogen) atoms. The van der Waals surface area contributed by atoms with E-state index in [1.54, 1.807) is 42.6 Å². The Hall–Kier alpha value is -5.17. The Morgan fingerprint density at radius 1 is 0.895 bits per heavy atom. The highest BCUT2D eigenvalue weighted by Crippen LogP contribution is 2.28. The number of Topliss-reactive ketones (excluding diaryl/α,β-unsaturated/α-hetero) is 2. The molecule has 0 radical (unpaired) electrons. The second-order valence-corrected chi connectivity index (χ2v) is 15.8. The highest BCUT2D eigenvalue weighted by atomic mass is 16.4. The predicted octanol–water partition coefficient (Wildman–Crippen LogP) is 4.54. The zero-order valence-electron chi connectivity index (χ0n) is 33.6. The molecule has 7 atom stereocenters. The van der Waals surface area contributed by atoms with Crippen molar-refractivity contribution < 1.29 is 39.0 Å². The first-order valence-corrected chi connectivity index (χ1v) is 20.2. The normalized spacial score (nSPS) is 18.2. The highest BCUT2D eigenvalue weighted by molar-refractivity contribution is 5.95. The molecule has 308 valence electrons. The number of aromatic hydroxyl groups is 1. The number of aliphatic carboxylic acids is 1. The molecular formula is C44H59N5O8. The minimum atomic E-state index is -1.21. The maximum Gasteiger partial charge on any atom is 0.326 e. The fraction of sp³-hybridized carbons (Fsp3) is 0.523. The molecule has 1 fully saturated rings. The molecule has 0 saturated carbocycles. The second-order valence-electron chi connectivity index (χ2n) is 15.8. The van der Waals surface area contributed by atoms with E-state index in [1.165, 1.54) is 17.0 Å². The zero-order valence-corrected chi connectivity index (χ0v) is 33.6. The smallest absolute Gasteiger partial charge is 0.326 e. The number of ketones is 2. The van der Waals surface area contributed by atoms with E-state index in [0.29, 0.717) is 37.8 Å². The summed E-state index contributed by atoms with van der Waals surface area (Å²) < 4.78 is 0. The third kappa shape index (κ3) is 12.9. The van der Waals surface area contributed by atoms with Crippen LogP contribution in [-0.2, 0) is 41.6 Å². The van der Waals surface area contributed by atoms with Crippen molar-refractivity contribution in [2.24, 2.45) is 34.4 Å². The van der Waals surface area contributed by atoms with Crippen molar-refractivity contribution in [3.8, 4) is 5.75 Å². The molecule has 2 aromatic carbocycles. The van der Waals surface area contributed by atoms with Gasteiger partial charge < -0.3 is 31.5 Å². The van der Waals surface area contributed by atoms with Gasteiger partial charge in [-0.3, -0.25) is 29.0 Å². The number of carboxylic acids is 1. The number of likely N-dealkylation sites (tertiary alicyclic amines) is 1. The van der Waals surface area contributed by atoms with Gasteiger partial charge in [0, 0.05) is 62.4 Å². The topological polar surface area (TPSA) is 209 Å². The van der Waals surface area contributed by atoms with Gasteiger partial charge in [0.05, 0.1) is 6.04 Å². The molecule has 13 nitrogen and oxygen atoms in total. The molecule has 13 heteroatoms. The number of nitrogens with zero attached hydrogens (tertiary/aromatic N) is 2. The summed E-state index contributed by atoms with van der Waals surface area (Å²) in [5, 5.41) is 25.3. The van der Waals surface area contributed by atoms with E-state index in [-0.39, 0.29) is 67.8 Å². The molecule has 2 aromatic rings. The van der Waals surface area contributed by atoms with Gasteiger partial charge >= 0.3 is 5.97 Å². The molecule has 2 aliphatic heterocycles. The average molecular weight is 786 g/mol. The lowest BCUT2D eigenvalue weighted by molar-refractivity contribution is -0.145. The maximum absolute atomic E-state index is 14.4. The molecule has 2 heterocycles. The average Bonchev–Trinajstić information content (AvgIpc) is 3.91. The van der Waals surface area contributed by atoms with Crippen LogP contribution >= 0.6 is 0 Å². The number of carboxylic acid groups (broad SMARTS) is 1. The van der Waals surface area contributed by atoms with Crippen molar-refractivity contribution in [1.29, 1.82) is 0 Å². The first kappa shape index (κ1) is 44.5. The first-order valence-electron chi connectivity index (χ1n) is 20.2. The number of hydrogen-bond donors (Lipinski definition) is 5. The van der Waals surface area contributed by atoms with E-state index in [4.69, 9.17) is 5.73 Å². The van der Waals surface area contributed by atoms with Crippen LogP contribution in [0.15, 0.2) is 71.4 Å². The minimum absolute atomic E-state index is 0.0601. The molecule has 0 aromatic heterocycles. The van der Waals surface area contributed by atoms with Crippen molar-refractivity contribution >= 4 is 41.5 Å². The van der Waals surface area contributed by atoms with Crippen LogP contribution in [0.1, 0.15) is 90.2 Å². The number of carbonyl (C=O) groups excluding carboxylic acids is 5. The number of rotatable bonds is 22. The quantitative estimate of drug-likeness (QED) is 0.113. The van der Waals surface area contributed by atoms with E-state index in [9.17, 15) is 39.0 Å². The summed E-state index contributed by atoms with van der Waals surface area (Å²) >= 11 is 0. The van der Waals surface area contributed by atoms with Gasteiger partial charge in [0.15, 0.2) is 0 Å². The standard InChI is InChI=1S/C44H59N5O8/c1-5-28(4)34(26-39(52)31(17-20-38(51)40(45)27(2)3)23-30-15-18-33(50)19-16-30)41(53)47-35(25-32-13-9-21-46-32)43(55)49-22-10-14-37(49)42(54)48-36(44(56)57)24-29-11-7-6-8-12-29/h6-8,11-13,15-16,18-19,21,27-28,31,34-37,40,50H,5,9-10,14,17,20,22-26,45H2,1-4H3,(H,47,53)(H,48,54)(H,56,57). The number of amides is 3. The summed E-state index contributed by atoms with van der Waals surface area (Å²) in [5.74, 6) is -4.70. The van der Waals surface area contributed by atoms with Crippen LogP contribution in [0.5, 0.6) is 5.75 Å². The number of carbonyl (C=O) groups is 6. The van der Waals surface area contributed by atoms with Crippen molar-refractivity contribution in [3.05, 3.63) is 77.5 Å². The molecular weight excluding hydrogens is 727 g/mol. The van der Waals surface area contributed by atoms with E-state index < -0.39 is 59.7 Å². The highest BCUT2D eigenvalue weighted by Gasteiger charge is 2.40. The summed E-state index contributed by atoms with van der Waals surface area (Å²) in [6, 6.07) is 11.6. The molecule has 1 saturated heterocycles. The Morgan fingerprint density at radius 2 is 1.58 bits per heavy atom. The summed E-state index contributed by atoms with van der Waals surface area (Å²) in [5.41, 5.74) is 8.27. The number of phenols is 1. The molecule has 0 aliphatic carbocycles. The third-order valence-corrected chi connectivity index (χ3v) is 11.3. The fourth-order valence-corrected chi connectivity index (χ4v) is 7.43. The SMILES string of the molecule is CCC(C)C(CC(=O)C(CCC(=O)C(N)C(C)C)Cc1ccc(O)cc1)C(=O)NC(CC1=CCC=N1)C(=O)N1CCCC1C(=O)NC(Cc1ccccc1)C(=O)O. The van der Waals surface area contributed by atoms with Gasteiger partial charge in [-0.05, 0) is 60.8 Å². The number of nitrogens with two attached hydrogens (primary N) is 1. The van der Waals surface area contributed by atoms with Gasteiger partial charge in [-0.1, -0.05) is 82.7 Å². The van der Waals surface area contributed by atoms with Crippen LogP contribution in [0.25, 0.3) is 0 Å². The second kappa shape index (κ2) is 21.4. The van der Waals surface area contributed by atoms with E-state index in [2.05, 4.69) is 15.6 Å². The number of hydrogen-bond acceptors (Lipinski definition) is 9. The molecule has 0 bridgehead atoms. The number of nitrogens with one attached hydrogen (secondary N) is 2. The van der Waals surface area contributed by atoms with Crippen molar-refractivity contribution in [1.82, 2.24) is 15.5 Å². The molecule has 2 aliphatic rings. The monoisotopic (exact) mass is 785 g/mol. The van der Waals surface area contributed by atoms with Crippen LogP contribution in [-0.4, -0.2) is 87.3 Å². The van der Waals surface area contributed by atoms with Crippen LogP contribution in [0, 0.1) is 23.7 Å². The molecule has 6 N–H and O–H groups in total. The molecule has 4 rings (SSSR count). The number of phenolic OH excluding ortho intramolecular Hbond substituents is 1. The molecule has 3 amide bonds. The van der Waals surface area contributed by atoms with Crippen LogP contribution in [0.2, 0.25) is 0 Å². The first-order chi connectivity index (χ1) is 27.2. The summed E-state index contributed by atoms with van der Waals surface area (Å²) in [4.78, 5) is 87.4. The van der Waals surface area contributed by atoms with Gasteiger partial charge in [0.1, 0.15) is 35.4 Å². The third-order valence-electron chi connectivity index (χ3n) is 11.3. The lowest BCUT2D eigenvalue weighted by Gasteiger charge is -2.31. The Morgan fingerprint density at radius 3 is 2.19 bits per heavy atom. The van der Waals surface area contributed by atoms with Gasteiger partial charge in [-0.15, -0.1) is 0 Å². The van der Waals surface area contributed by atoms with Crippen molar-refractivity contribution in [2.45, 2.75) is 116 Å². The minimum Gasteiger partial charge on any atom is -0.508 e. The Balaban J connectivity index is 1.53. The van der Waals surface area contributed by atoms with Gasteiger partial charge in [-0.2, -0.15) is 0 Å². The predicted molar refractivity (Wildman–Crippen MR) is 217 cm³/mol. The van der Waals surface area contributed by atoms with Crippen LogP contribution in [0.4, 0.5) is 0 Å². The van der Waals surface area contributed by atoms with Crippen molar-refractivity contribution in [3.63, 3.8) is 0 Å². The van der Waals surface area contributed by atoms with E-state index in [0.717, 1.165) is 11.1 Å². The number of benzene rings is 2. The summed E-state index contributed by atoms with van der Waals surface area (Å²) in [7, 11) is 0. The Bertz CT molecular complexity index is 1780. The summed E-state index contributed by atoms with van der Waals surface area (Å²) in [6.07, 6.45) is 6.22. The van der Waals surface area contributed by atoms with Crippen molar-refractivity contribution in [2.75, 3.05) is 6.54 Å².